The smallest absolute Gasteiger partial charge is 0.222 e. The van der Waals surface area contributed by atoms with Crippen molar-refractivity contribution in [3.63, 3.8) is 0 Å². The summed E-state index contributed by atoms with van der Waals surface area (Å²) in [5.41, 5.74) is -0.0259. The van der Waals surface area contributed by atoms with E-state index in [-0.39, 0.29) is 28.2 Å². The molecule has 75 valence electrons. The molecule has 0 saturated heterocycles. The second-order valence-electron chi connectivity index (χ2n) is 3.66. The molecule has 0 aliphatic rings. The third-order valence-corrected chi connectivity index (χ3v) is 1.73. The summed E-state index contributed by atoms with van der Waals surface area (Å²) < 4.78 is 0. The number of rotatable bonds is 2. The fourth-order valence-corrected chi connectivity index (χ4v) is 1.22. The maximum Gasteiger partial charge on any atom is 0.222 e. The molecule has 0 spiro atoms. The predicted octanol–water partition coefficient (Wildman–Crippen LogP) is 2.04. The van der Waals surface area contributed by atoms with Gasteiger partial charge in [-0.05, 0) is 27.7 Å². The summed E-state index contributed by atoms with van der Waals surface area (Å²) in [7, 11) is 0. The summed E-state index contributed by atoms with van der Waals surface area (Å²) in [5.74, 6) is 0.236. The second kappa shape index (κ2) is 5.59. The van der Waals surface area contributed by atoms with Gasteiger partial charge in [0.1, 0.15) is 0 Å². The minimum atomic E-state index is -0.0259. The monoisotopic (exact) mass is 216 g/mol. The van der Waals surface area contributed by atoms with E-state index in [4.69, 9.17) is 0 Å². The van der Waals surface area contributed by atoms with E-state index in [0.717, 1.165) is 6.54 Å². The molecule has 0 aromatic heterocycles. The Morgan fingerprint density at radius 2 is 1.67 bits per heavy atom. The molecule has 0 saturated carbocycles. The second-order valence-corrected chi connectivity index (χ2v) is 3.66. The van der Waals surface area contributed by atoms with Crippen molar-refractivity contribution in [2.45, 2.75) is 46.6 Å². The van der Waals surface area contributed by atoms with Crippen LogP contribution in [0.25, 0.3) is 0 Å². The van der Waals surface area contributed by atoms with Crippen LogP contribution in [0.3, 0.4) is 0 Å². The zero-order valence-electron chi connectivity index (χ0n) is 8.60. The Bertz CT molecular complexity index is 140. The van der Waals surface area contributed by atoms with Crippen molar-refractivity contribution in [1.82, 2.24) is 4.90 Å². The van der Waals surface area contributed by atoms with Gasteiger partial charge in [0.25, 0.3) is 0 Å². The first kappa shape index (κ1) is 14.5. The third-order valence-electron chi connectivity index (χ3n) is 1.73. The van der Waals surface area contributed by atoms with Crippen molar-refractivity contribution in [3.05, 3.63) is 0 Å². The molecule has 0 bridgehead atoms. The maximum absolute atomic E-state index is 11.3. The van der Waals surface area contributed by atoms with E-state index in [1.165, 1.54) is 0 Å². The minimum Gasteiger partial charge on any atom is -0.338 e. The molecule has 3 heteroatoms. The molecule has 0 aromatic rings. The first-order valence-electron chi connectivity index (χ1n) is 4.24. The summed E-state index contributed by atoms with van der Waals surface area (Å²) in [5, 5.41) is 0. The van der Waals surface area contributed by atoms with E-state index in [9.17, 15) is 4.79 Å². The molecule has 12 heavy (non-hydrogen) atoms. The zero-order chi connectivity index (χ0) is 9.07. The molecular weight excluding hydrogens is 197 g/mol. The average Bonchev–Trinajstić information content (AvgIpc) is 1.86. The molecule has 0 unspecified atom stereocenters. The van der Waals surface area contributed by atoms with Gasteiger partial charge in [-0.2, -0.15) is 0 Å². The van der Waals surface area contributed by atoms with Crippen LogP contribution < -0.4 is 0 Å². The third kappa shape index (κ3) is 4.12. The Hall–Kier alpha value is -0.0235. The van der Waals surface area contributed by atoms with Gasteiger partial charge in [-0.1, -0.05) is 6.92 Å². The van der Waals surface area contributed by atoms with Crippen molar-refractivity contribution >= 4 is 5.91 Å². The van der Waals surface area contributed by atoms with Crippen LogP contribution in [0.5, 0.6) is 0 Å². The number of carbonyl (C=O) groups is 1. The van der Waals surface area contributed by atoms with Crippen LogP contribution in [0.15, 0.2) is 0 Å². The molecule has 1 radical (unpaired) electrons. The van der Waals surface area contributed by atoms with Crippen LogP contribution in [0, 0.1) is 0 Å². The van der Waals surface area contributed by atoms with Gasteiger partial charge in [0.15, 0.2) is 0 Å². The van der Waals surface area contributed by atoms with Crippen molar-refractivity contribution in [2.75, 3.05) is 6.54 Å². The van der Waals surface area contributed by atoms with Gasteiger partial charge < -0.3 is 4.90 Å². The van der Waals surface area contributed by atoms with Crippen molar-refractivity contribution in [2.24, 2.45) is 0 Å². The molecule has 0 aromatic carbocycles. The molecule has 0 fully saturated rings. The molecule has 0 aliphatic heterocycles. The maximum atomic E-state index is 11.3. The molecule has 2 nitrogen and oxygen atoms in total. The summed E-state index contributed by atoms with van der Waals surface area (Å²) in [6.07, 6.45) is 0.602. The average molecular weight is 216 g/mol. The van der Waals surface area contributed by atoms with E-state index in [1.807, 2.05) is 18.7 Å². The van der Waals surface area contributed by atoms with Crippen LogP contribution in [0.1, 0.15) is 41.0 Å². The van der Waals surface area contributed by atoms with Crippen molar-refractivity contribution < 1.29 is 21.6 Å². The van der Waals surface area contributed by atoms with E-state index in [0.29, 0.717) is 6.42 Å². The van der Waals surface area contributed by atoms with Gasteiger partial charge in [0, 0.05) is 35.3 Å². The molecule has 0 atom stereocenters. The number of amides is 1. The quantitative estimate of drug-likeness (QED) is 0.691. The van der Waals surface area contributed by atoms with E-state index in [2.05, 4.69) is 20.8 Å². The fraction of sp³-hybridized carbons (Fsp3) is 0.889. The standard InChI is InChI=1S/C9H19NO.Co/c1-6-8(11)10(7-2)9(3,4)5;/h6-7H2,1-5H3;. The number of carbonyl (C=O) groups excluding carboxylic acids is 1. The molecule has 0 N–H and O–H groups in total. The van der Waals surface area contributed by atoms with Crippen molar-refractivity contribution in [1.29, 1.82) is 0 Å². The van der Waals surface area contributed by atoms with Crippen LogP contribution in [-0.4, -0.2) is 22.9 Å². The first-order chi connectivity index (χ1) is 4.93. The molecule has 0 aliphatic carbocycles. The molecule has 0 heterocycles. The van der Waals surface area contributed by atoms with E-state index in [1.54, 1.807) is 0 Å². The Labute approximate surface area is 85.9 Å². The van der Waals surface area contributed by atoms with Gasteiger partial charge >= 0.3 is 0 Å². The Morgan fingerprint density at radius 1 is 1.25 bits per heavy atom. The van der Waals surface area contributed by atoms with Crippen LogP contribution in [-0.2, 0) is 21.6 Å². The van der Waals surface area contributed by atoms with Gasteiger partial charge in [0.2, 0.25) is 5.91 Å². The summed E-state index contributed by atoms with van der Waals surface area (Å²) in [4.78, 5) is 13.2. The number of hydrogen-bond donors (Lipinski definition) is 0. The summed E-state index contributed by atoms with van der Waals surface area (Å²) in [6.45, 7) is 10.9. The van der Waals surface area contributed by atoms with Crippen LogP contribution >= 0.6 is 0 Å². The van der Waals surface area contributed by atoms with Crippen LogP contribution in [0.4, 0.5) is 0 Å². The fourth-order valence-electron chi connectivity index (χ4n) is 1.22. The largest absolute Gasteiger partial charge is 0.338 e. The zero-order valence-corrected chi connectivity index (χ0v) is 9.64. The minimum absolute atomic E-state index is 0. The van der Waals surface area contributed by atoms with Gasteiger partial charge in [0.05, 0.1) is 0 Å². The topological polar surface area (TPSA) is 20.3 Å². The van der Waals surface area contributed by atoms with Gasteiger partial charge in [-0.25, -0.2) is 0 Å². The molecule has 0 rings (SSSR count). The number of hydrogen-bond acceptors (Lipinski definition) is 1. The molecule has 1 amide bonds. The SMILES string of the molecule is CCC(=O)N(CC)C(C)(C)C.[Co]. The summed E-state index contributed by atoms with van der Waals surface area (Å²) in [6, 6.07) is 0. The Kier molecular flexibility index (Phi) is 6.76. The number of nitrogens with zero attached hydrogens (tertiary/aromatic N) is 1. The predicted molar refractivity (Wildman–Crippen MR) is 47.4 cm³/mol. The Morgan fingerprint density at radius 3 is 1.75 bits per heavy atom. The van der Waals surface area contributed by atoms with Gasteiger partial charge in [-0.15, -0.1) is 0 Å². The summed E-state index contributed by atoms with van der Waals surface area (Å²) >= 11 is 0. The van der Waals surface area contributed by atoms with Crippen molar-refractivity contribution in [3.8, 4) is 0 Å². The normalized spacial score (nSPS) is 10.4. The Balaban J connectivity index is 0. The van der Waals surface area contributed by atoms with Gasteiger partial charge in [-0.3, -0.25) is 4.79 Å². The van der Waals surface area contributed by atoms with E-state index >= 15 is 0 Å². The molecular formula is C9H19CoNO. The van der Waals surface area contributed by atoms with E-state index < -0.39 is 0 Å². The van der Waals surface area contributed by atoms with Crippen LogP contribution in [0.2, 0.25) is 0 Å². The first-order valence-corrected chi connectivity index (χ1v) is 4.24.